The van der Waals surface area contributed by atoms with Crippen LogP contribution in [0.2, 0.25) is 0 Å². The van der Waals surface area contributed by atoms with E-state index in [1.807, 2.05) is 13.0 Å². The molecule has 23 heavy (non-hydrogen) atoms. The standard InChI is InChI=1S/C19H27NO3/c1-2-22-19(21)16-9-12-20(13-10-16)14-11-17-8-7-15-5-3-4-6-18(15)23-17/h3-6,16-17H,2,7-14H2,1H3. The van der Waals surface area contributed by atoms with Crippen LogP contribution in [0.15, 0.2) is 24.3 Å². The lowest BCUT2D eigenvalue weighted by atomic mass is 9.96. The second-order valence-electron chi connectivity index (χ2n) is 6.54. The van der Waals surface area contributed by atoms with E-state index in [9.17, 15) is 4.79 Å². The molecule has 1 unspecified atom stereocenters. The summed E-state index contributed by atoms with van der Waals surface area (Å²) in [7, 11) is 0. The predicted molar refractivity (Wildman–Crippen MR) is 89.6 cm³/mol. The topological polar surface area (TPSA) is 38.8 Å². The molecule has 0 aromatic heterocycles. The lowest BCUT2D eigenvalue weighted by Crippen LogP contribution is -2.39. The van der Waals surface area contributed by atoms with E-state index >= 15 is 0 Å². The number of carbonyl (C=O) groups excluding carboxylic acids is 1. The van der Waals surface area contributed by atoms with Gasteiger partial charge in [-0.25, -0.2) is 0 Å². The van der Waals surface area contributed by atoms with Crippen LogP contribution in [0.1, 0.15) is 38.2 Å². The Kier molecular flexibility index (Phi) is 5.55. The molecular weight excluding hydrogens is 290 g/mol. The smallest absolute Gasteiger partial charge is 0.309 e. The quantitative estimate of drug-likeness (QED) is 0.783. The molecule has 126 valence electrons. The van der Waals surface area contributed by atoms with Crippen molar-refractivity contribution in [3.05, 3.63) is 29.8 Å². The number of aryl methyl sites for hydroxylation is 1. The minimum absolute atomic E-state index is 0.0145. The van der Waals surface area contributed by atoms with Gasteiger partial charge in [0.25, 0.3) is 0 Å². The second kappa shape index (κ2) is 7.82. The highest BCUT2D eigenvalue weighted by Gasteiger charge is 2.27. The van der Waals surface area contributed by atoms with Crippen LogP contribution < -0.4 is 4.74 Å². The number of ether oxygens (including phenoxy) is 2. The predicted octanol–water partition coefficient (Wildman–Crippen LogP) is 3.05. The first-order valence-corrected chi connectivity index (χ1v) is 8.90. The van der Waals surface area contributed by atoms with Gasteiger partial charge in [-0.2, -0.15) is 0 Å². The third kappa shape index (κ3) is 4.25. The van der Waals surface area contributed by atoms with Crippen molar-refractivity contribution in [3.8, 4) is 5.75 Å². The molecule has 0 aliphatic carbocycles. The second-order valence-corrected chi connectivity index (χ2v) is 6.54. The summed E-state index contributed by atoms with van der Waals surface area (Å²) in [5.41, 5.74) is 1.33. The van der Waals surface area contributed by atoms with Gasteiger partial charge in [-0.3, -0.25) is 4.79 Å². The lowest BCUT2D eigenvalue weighted by molar-refractivity contribution is -0.149. The first-order valence-electron chi connectivity index (χ1n) is 8.90. The number of esters is 1. The highest BCUT2D eigenvalue weighted by molar-refractivity contribution is 5.72. The number of nitrogens with zero attached hydrogens (tertiary/aromatic N) is 1. The van der Waals surface area contributed by atoms with E-state index in [0.29, 0.717) is 12.7 Å². The minimum Gasteiger partial charge on any atom is -0.490 e. The molecule has 1 aromatic carbocycles. The van der Waals surface area contributed by atoms with Crippen LogP contribution in [0.3, 0.4) is 0 Å². The molecule has 4 heteroatoms. The van der Waals surface area contributed by atoms with Crippen molar-refractivity contribution in [1.82, 2.24) is 4.90 Å². The first kappa shape index (κ1) is 16.3. The Labute approximate surface area is 138 Å². The molecule has 2 aliphatic heterocycles. The summed E-state index contributed by atoms with van der Waals surface area (Å²) in [4.78, 5) is 14.2. The lowest BCUT2D eigenvalue weighted by Gasteiger charge is -2.33. The number of likely N-dealkylation sites (tertiary alicyclic amines) is 1. The maximum atomic E-state index is 11.8. The van der Waals surface area contributed by atoms with E-state index in [0.717, 1.165) is 57.5 Å². The number of hydrogen-bond acceptors (Lipinski definition) is 4. The highest BCUT2D eigenvalue weighted by Crippen LogP contribution is 2.28. The molecule has 0 saturated carbocycles. The zero-order chi connectivity index (χ0) is 16.1. The Morgan fingerprint density at radius 3 is 2.83 bits per heavy atom. The monoisotopic (exact) mass is 317 g/mol. The van der Waals surface area contributed by atoms with E-state index in [2.05, 4.69) is 23.1 Å². The number of fused-ring (bicyclic) bond motifs is 1. The zero-order valence-corrected chi connectivity index (χ0v) is 14.0. The number of hydrogen-bond donors (Lipinski definition) is 0. The minimum atomic E-state index is -0.0145. The highest BCUT2D eigenvalue weighted by atomic mass is 16.5. The van der Waals surface area contributed by atoms with Crippen LogP contribution in [0.5, 0.6) is 5.75 Å². The van der Waals surface area contributed by atoms with Gasteiger partial charge in [0.1, 0.15) is 11.9 Å². The van der Waals surface area contributed by atoms with E-state index in [-0.39, 0.29) is 11.9 Å². The molecule has 4 nitrogen and oxygen atoms in total. The van der Waals surface area contributed by atoms with Gasteiger partial charge in [0, 0.05) is 6.54 Å². The van der Waals surface area contributed by atoms with Crippen molar-refractivity contribution in [1.29, 1.82) is 0 Å². The van der Waals surface area contributed by atoms with E-state index < -0.39 is 0 Å². The van der Waals surface area contributed by atoms with Crippen LogP contribution in [-0.4, -0.2) is 43.2 Å². The third-order valence-electron chi connectivity index (χ3n) is 4.98. The molecule has 2 aliphatic rings. The van der Waals surface area contributed by atoms with Crippen molar-refractivity contribution in [2.75, 3.05) is 26.2 Å². The molecule has 0 N–H and O–H groups in total. The van der Waals surface area contributed by atoms with Gasteiger partial charge >= 0.3 is 5.97 Å². The number of benzene rings is 1. The maximum absolute atomic E-state index is 11.8. The molecule has 1 atom stereocenters. The van der Waals surface area contributed by atoms with Crippen LogP contribution >= 0.6 is 0 Å². The summed E-state index contributed by atoms with van der Waals surface area (Å²) in [6.07, 6.45) is 5.47. The molecular formula is C19H27NO3. The summed E-state index contributed by atoms with van der Waals surface area (Å²) >= 11 is 0. The van der Waals surface area contributed by atoms with Gasteiger partial charge in [0.2, 0.25) is 0 Å². The Hall–Kier alpha value is -1.55. The van der Waals surface area contributed by atoms with E-state index in [1.54, 1.807) is 0 Å². The number of carbonyl (C=O) groups is 1. The van der Waals surface area contributed by atoms with Crippen LogP contribution in [0, 0.1) is 5.92 Å². The zero-order valence-electron chi connectivity index (χ0n) is 14.0. The fourth-order valence-corrected chi connectivity index (χ4v) is 3.56. The Bertz CT molecular complexity index is 523. The fourth-order valence-electron chi connectivity index (χ4n) is 3.56. The summed E-state index contributed by atoms with van der Waals surface area (Å²) < 4.78 is 11.2. The van der Waals surface area contributed by atoms with Crippen LogP contribution in [0.4, 0.5) is 0 Å². The summed E-state index contributed by atoms with van der Waals surface area (Å²) in [6.45, 7) is 5.40. The summed E-state index contributed by atoms with van der Waals surface area (Å²) in [5, 5.41) is 0. The van der Waals surface area contributed by atoms with Gasteiger partial charge in [-0.1, -0.05) is 18.2 Å². The Morgan fingerprint density at radius 2 is 2.04 bits per heavy atom. The molecule has 0 amide bonds. The van der Waals surface area contributed by atoms with Gasteiger partial charge in [-0.05, 0) is 63.7 Å². The first-order chi connectivity index (χ1) is 11.3. The normalized spacial score (nSPS) is 22.2. The maximum Gasteiger partial charge on any atom is 0.309 e. The molecule has 3 rings (SSSR count). The van der Waals surface area contributed by atoms with E-state index in [1.165, 1.54) is 5.56 Å². The fraction of sp³-hybridized carbons (Fsp3) is 0.632. The van der Waals surface area contributed by atoms with Crippen molar-refractivity contribution < 1.29 is 14.3 Å². The van der Waals surface area contributed by atoms with Crippen molar-refractivity contribution in [2.24, 2.45) is 5.92 Å². The van der Waals surface area contributed by atoms with Crippen molar-refractivity contribution >= 4 is 5.97 Å². The Morgan fingerprint density at radius 1 is 1.26 bits per heavy atom. The Balaban J connectivity index is 1.40. The molecule has 1 saturated heterocycles. The SMILES string of the molecule is CCOC(=O)C1CCN(CCC2CCc3ccccc3O2)CC1. The average Bonchev–Trinajstić information content (AvgIpc) is 2.60. The number of para-hydroxylation sites is 1. The average molecular weight is 317 g/mol. The molecule has 0 radical (unpaired) electrons. The summed E-state index contributed by atoms with van der Waals surface area (Å²) in [5.74, 6) is 1.15. The summed E-state index contributed by atoms with van der Waals surface area (Å²) in [6, 6.07) is 8.36. The van der Waals surface area contributed by atoms with E-state index in [4.69, 9.17) is 9.47 Å². The van der Waals surface area contributed by atoms with Gasteiger partial charge < -0.3 is 14.4 Å². The molecule has 0 bridgehead atoms. The number of piperidine rings is 1. The molecule has 0 spiro atoms. The van der Waals surface area contributed by atoms with Crippen LogP contribution in [0.25, 0.3) is 0 Å². The van der Waals surface area contributed by atoms with Crippen molar-refractivity contribution in [2.45, 2.75) is 45.1 Å². The molecule has 1 aromatic rings. The van der Waals surface area contributed by atoms with Gasteiger partial charge in [0.05, 0.1) is 12.5 Å². The third-order valence-corrected chi connectivity index (χ3v) is 4.98. The van der Waals surface area contributed by atoms with Gasteiger partial charge in [0.15, 0.2) is 0 Å². The largest absolute Gasteiger partial charge is 0.490 e. The van der Waals surface area contributed by atoms with Gasteiger partial charge in [-0.15, -0.1) is 0 Å². The number of rotatable bonds is 5. The van der Waals surface area contributed by atoms with Crippen LogP contribution in [-0.2, 0) is 16.0 Å². The molecule has 2 heterocycles. The van der Waals surface area contributed by atoms with Crippen molar-refractivity contribution in [3.63, 3.8) is 0 Å². The molecule has 1 fully saturated rings.